The number of nitrogens with one attached hydrogen (secondary N) is 1. The molecule has 0 radical (unpaired) electrons. The fourth-order valence-electron chi connectivity index (χ4n) is 3.26. The van der Waals surface area contributed by atoms with Gasteiger partial charge < -0.3 is 14.4 Å². The van der Waals surface area contributed by atoms with E-state index in [1.165, 1.54) is 10.5 Å². The molecule has 1 unspecified atom stereocenters. The van der Waals surface area contributed by atoms with Gasteiger partial charge >= 0.3 is 0 Å². The number of quaternary nitrogens is 1. The van der Waals surface area contributed by atoms with Gasteiger partial charge in [0.15, 0.2) is 12.5 Å². The first-order valence-electron chi connectivity index (χ1n) is 9.91. The van der Waals surface area contributed by atoms with Gasteiger partial charge in [0.25, 0.3) is 0 Å². The normalized spacial score (nSPS) is 11.8. The number of methoxy groups -OCH3 is 1. The van der Waals surface area contributed by atoms with E-state index in [0.717, 1.165) is 29.4 Å². The van der Waals surface area contributed by atoms with Gasteiger partial charge in [-0.15, -0.1) is 11.7 Å². The zero-order chi connectivity index (χ0) is 21.5. The highest BCUT2D eigenvalue weighted by atomic mass is 32.1. The van der Waals surface area contributed by atoms with Crippen LogP contribution in [0.1, 0.15) is 17.0 Å². The Kier molecular flexibility index (Phi) is 7.43. The van der Waals surface area contributed by atoms with Crippen molar-refractivity contribution >= 4 is 12.2 Å². The smallest absolute Gasteiger partial charge is 0.203 e. The van der Waals surface area contributed by atoms with E-state index in [4.69, 9.17) is 26.8 Å². The van der Waals surface area contributed by atoms with E-state index in [1.54, 1.807) is 7.11 Å². The summed E-state index contributed by atoms with van der Waals surface area (Å²) in [6.07, 6.45) is 1.83. The Hall–Kier alpha value is -2.90. The van der Waals surface area contributed by atoms with Crippen LogP contribution in [-0.2, 0) is 26.4 Å². The molecular formula is C23H29N4O2S+. The van der Waals surface area contributed by atoms with Crippen molar-refractivity contribution in [2.45, 2.75) is 33.3 Å². The van der Waals surface area contributed by atoms with E-state index >= 15 is 0 Å². The van der Waals surface area contributed by atoms with Gasteiger partial charge in [0.05, 0.1) is 14.2 Å². The molecule has 30 heavy (non-hydrogen) atoms. The quantitative estimate of drug-likeness (QED) is 0.400. The van der Waals surface area contributed by atoms with Crippen molar-refractivity contribution in [1.82, 2.24) is 14.3 Å². The number of hydrogen-bond acceptors (Lipinski definition) is 4. The Morgan fingerprint density at radius 3 is 2.60 bits per heavy atom. The summed E-state index contributed by atoms with van der Waals surface area (Å²) in [4.78, 5) is 1.27. The number of ether oxygens (including phenoxy) is 2. The molecule has 0 amide bonds. The van der Waals surface area contributed by atoms with Gasteiger partial charge in [-0.05, 0) is 61.1 Å². The second-order valence-electron chi connectivity index (χ2n) is 7.34. The van der Waals surface area contributed by atoms with Crippen molar-refractivity contribution in [1.29, 1.82) is 0 Å². The fourth-order valence-corrected chi connectivity index (χ4v) is 3.55. The molecule has 1 aromatic heterocycles. The molecule has 2 aromatic carbocycles. The topological polar surface area (TPSA) is 45.7 Å². The average molecular weight is 426 g/mol. The fraction of sp³-hybridized carbons (Fsp3) is 0.304. The van der Waals surface area contributed by atoms with Crippen LogP contribution < -0.4 is 14.4 Å². The maximum absolute atomic E-state index is 5.95. The Morgan fingerprint density at radius 1 is 1.17 bits per heavy atom. The van der Waals surface area contributed by atoms with Crippen LogP contribution in [0, 0.1) is 11.7 Å². The van der Waals surface area contributed by atoms with Crippen LogP contribution in [0.5, 0.6) is 11.5 Å². The molecule has 0 spiro atoms. The molecule has 3 aromatic rings. The Morgan fingerprint density at radius 2 is 1.93 bits per heavy atom. The van der Waals surface area contributed by atoms with Gasteiger partial charge in [0.1, 0.15) is 24.7 Å². The number of rotatable bonds is 10. The largest absolute Gasteiger partial charge is 0.497 e. The number of allylic oxidation sites excluding steroid dienone is 1. The van der Waals surface area contributed by atoms with E-state index in [1.807, 2.05) is 58.6 Å². The Balaban J connectivity index is 1.71. The van der Waals surface area contributed by atoms with Gasteiger partial charge in [-0.3, -0.25) is 4.57 Å². The van der Waals surface area contributed by atoms with Crippen LogP contribution in [-0.4, -0.2) is 28.5 Å². The number of benzene rings is 2. The van der Waals surface area contributed by atoms with Gasteiger partial charge in [-0.25, -0.2) is 0 Å². The van der Waals surface area contributed by atoms with Gasteiger partial charge in [-0.2, -0.15) is 4.68 Å². The zero-order valence-electron chi connectivity index (χ0n) is 17.8. The molecule has 7 heteroatoms. The SMILES string of the molecule is C=CCn1c(COc2cccc(C)c2)nn(C[NH+](C)Cc2ccc(OC)cc2)c1=S. The minimum atomic E-state index is 0.353. The van der Waals surface area contributed by atoms with Gasteiger partial charge in [0, 0.05) is 12.1 Å². The van der Waals surface area contributed by atoms with E-state index in [-0.39, 0.29) is 0 Å². The van der Waals surface area contributed by atoms with Crippen LogP contribution in [0.4, 0.5) is 0 Å². The van der Waals surface area contributed by atoms with Crippen LogP contribution in [0.15, 0.2) is 61.2 Å². The molecule has 0 aliphatic rings. The zero-order valence-corrected chi connectivity index (χ0v) is 18.6. The molecule has 1 N–H and O–H groups in total. The molecule has 6 nitrogen and oxygen atoms in total. The second kappa shape index (κ2) is 10.2. The number of hydrogen-bond donors (Lipinski definition) is 1. The van der Waals surface area contributed by atoms with E-state index in [9.17, 15) is 0 Å². The monoisotopic (exact) mass is 425 g/mol. The van der Waals surface area contributed by atoms with Crippen LogP contribution in [0.3, 0.4) is 0 Å². The molecule has 0 saturated carbocycles. The highest BCUT2D eigenvalue weighted by molar-refractivity contribution is 7.71. The maximum atomic E-state index is 5.95. The highest BCUT2D eigenvalue weighted by Crippen LogP contribution is 2.14. The summed E-state index contributed by atoms with van der Waals surface area (Å²) in [5.74, 6) is 2.47. The number of aryl methyl sites for hydroxylation is 1. The Labute approximate surface area is 183 Å². The maximum Gasteiger partial charge on any atom is 0.203 e. The predicted octanol–water partition coefficient (Wildman–Crippen LogP) is 3.17. The predicted molar refractivity (Wildman–Crippen MR) is 120 cm³/mol. The molecule has 0 aliphatic heterocycles. The van der Waals surface area contributed by atoms with Crippen LogP contribution in [0.2, 0.25) is 0 Å². The van der Waals surface area contributed by atoms with Crippen molar-refractivity contribution in [2.24, 2.45) is 0 Å². The third-order valence-electron chi connectivity index (χ3n) is 4.75. The summed E-state index contributed by atoms with van der Waals surface area (Å²) >= 11 is 5.68. The molecular weight excluding hydrogens is 396 g/mol. The molecule has 1 atom stereocenters. The molecule has 1 heterocycles. The van der Waals surface area contributed by atoms with Crippen LogP contribution >= 0.6 is 12.2 Å². The summed E-state index contributed by atoms with van der Waals surface area (Å²) in [6, 6.07) is 16.1. The first-order chi connectivity index (χ1) is 14.5. The van der Waals surface area contributed by atoms with E-state index in [0.29, 0.717) is 24.6 Å². The summed E-state index contributed by atoms with van der Waals surface area (Å²) in [7, 11) is 3.80. The molecule has 158 valence electrons. The lowest BCUT2D eigenvalue weighted by atomic mass is 10.2. The minimum absolute atomic E-state index is 0.353. The summed E-state index contributed by atoms with van der Waals surface area (Å²) in [5.41, 5.74) is 2.39. The van der Waals surface area contributed by atoms with Crippen molar-refractivity contribution in [2.75, 3.05) is 14.2 Å². The Bertz CT molecular complexity index is 1040. The lowest BCUT2D eigenvalue weighted by Gasteiger charge is -2.14. The highest BCUT2D eigenvalue weighted by Gasteiger charge is 2.14. The van der Waals surface area contributed by atoms with Crippen molar-refractivity contribution < 1.29 is 14.4 Å². The van der Waals surface area contributed by atoms with Gasteiger partial charge in [-0.1, -0.05) is 18.2 Å². The molecule has 3 rings (SSSR count). The van der Waals surface area contributed by atoms with E-state index in [2.05, 4.69) is 25.8 Å². The molecule has 0 aliphatic carbocycles. The summed E-state index contributed by atoms with van der Waals surface area (Å²) < 4.78 is 15.7. The lowest BCUT2D eigenvalue weighted by Crippen LogP contribution is -3.07. The average Bonchev–Trinajstić information content (AvgIpc) is 3.02. The minimum Gasteiger partial charge on any atom is -0.497 e. The second-order valence-corrected chi connectivity index (χ2v) is 7.71. The van der Waals surface area contributed by atoms with Crippen molar-refractivity contribution in [3.63, 3.8) is 0 Å². The van der Waals surface area contributed by atoms with Crippen molar-refractivity contribution in [3.05, 3.63) is 82.9 Å². The first kappa shape index (κ1) is 21.8. The van der Waals surface area contributed by atoms with Crippen LogP contribution in [0.25, 0.3) is 0 Å². The van der Waals surface area contributed by atoms with Gasteiger partial charge in [0.2, 0.25) is 4.77 Å². The van der Waals surface area contributed by atoms with Crippen molar-refractivity contribution in [3.8, 4) is 11.5 Å². The molecule has 0 bridgehead atoms. The molecule has 0 fully saturated rings. The standard InChI is InChI=1S/C23H28N4O2S/c1-5-13-26-22(16-29-21-8-6-7-18(2)14-21)24-27(23(26)30)17-25(3)15-19-9-11-20(28-4)12-10-19/h5-12,14H,1,13,15-17H2,2-4H3/p+1. The van der Waals surface area contributed by atoms with E-state index < -0.39 is 0 Å². The summed E-state index contributed by atoms with van der Waals surface area (Å²) in [6.45, 7) is 8.36. The summed E-state index contributed by atoms with van der Waals surface area (Å²) in [5, 5.41) is 4.74. The third-order valence-corrected chi connectivity index (χ3v) is 5.18. The first-order valence-corrected chi connectivity index (χ1v) is 10.3. The molecule has 0 saturated heterocycles. The number of nitrogens with zero attached hydrogens (tertiary/aromatic N) is 3. The third kappa shape index (κ3) is 5.58. The number of aromatic nitrogens is 3. The lowest BCUT2D eigenvalue weighted by molar-refractivity contribution is -0.917.